The van der Waals surface area contributed by atoms with Crippen molar-refractivity contribution in [1.29, 1.82) is 0 Å². The van der Waals surface area contributed by atoms with Crippen LogP contribution in [0.1, 0.15) is 55.5 Å². The highest BCUT2D eigenvalue weighted by atomic mass is 16.4. The van der Waals surface area contributed by atoms with Crippen LogP contribution in [0.25, 0.3) is 0 Å². The van der Waals surface area contributed by atoms with Crippen molar-refractivity contribution >= 4 is 11.7 Å². The van der Waals surface area contributed by atoms with Crippen LogP contribution in [0.4, 0.5) is 5.69 Å². The first-order valence-corrected chi connectivity index (χ1v) is 8.18. The number of rotatable bonds is 2. The summed E-state index contributed by atoms with van der Waals surface area (Å²) in [6.07, 6.45) is 5.76. The molecule has 21 heavy (non-hydrogen) atoms. The molecule has 1 fully saturated rings. The fourth-order valence-corrected chi connectivity index (χ4v) is 4.39. The molecule has 2 unspecified atom stereocenters. The molecule has 0 saturated heterocycles. The maximum Gasteiger partial charge on any atom is 0.336 e. The Bertz CT molecular complexity index is 530. The maximum atomic E-state index is 11.4. The van der Waals surface area contributed by atoms with Gasteiger partial charge in [-0.1, -0.05) is 19.9 Å². The molecule has 0 amide bonds. The number of benzene rings is 1. The number of nitrogens with zero attached hydrogens (tertiary/aromatic N) is 1. The number of hydrogen-bond acceptors (Lipinski definition) is 2. The summed E-state index contributed by atoms with van der Waals surface area (Å²) in [5, 5.41) is 9.40. The van der Waals surface area contributed by atoms with Crippen LogP contribution in [0.15, 0.2) is 18.2 Å². The van der Waals surface area contributed by atoms with Crippen LogP contribution in [-0.4, -0.2) is 23.7 Å². The van der Waals surface area contributed by atoms with Crippen molar-refractivity contribution in [2.45, 2.75) is 52.0 Å². The fraction of sp³-hybridized carbons (Fsp3) is 0.611. The Morgan fingerprint density at radius 1 is 1.19 bits per heavy atom. The highest BCUT2D eigenvalue weighted by Gasteiger charge is 2.31. The summed E-state index contributed by atoms with van der Waals surface area (Å²) in [5.41, 5.74) is 2.71. The van der Waals surface area contributed by atoms with Gasteiger partial charge in [0.05, 0.1) is 5.56 Å². The van der Waals surface area contributed by atoms with Gasteiger partial charge in [-0.15, -0.1) is 0 Å². The fourth-order valence-electron chi connectivity index (χ4n) is 4.39. The van der Waals surface area contributed by atoms with E-state index < -0.39 is 5.97 Å². The second kappa shape index (κ2) is 5.70. The number of carbonyl (C=O) groups is 1. The van der Waals surface area contributed by atoms with E-state index in [0.717, 1.165) is 36.8 Å². The Morgan fingerprint density at radius 3 is 2.57 bits per heavy atom. The summed E-state index contributed by atoms with van der Waals surface area (Å²) in [6.45, 7) is 5.77. The molecule has 0 spiro atoms. The molecule has 0 bridgehead atoms. The van der Waals surface area contributed by atoms with E-state index in [1.807, 2.05) is 6.07 Å². The molecule has 0 radical (unpaired) electrons. The molecule has 1 aromatic rings. The molecule has 3 heteroatoms. The van der Waals surface area contributed by atoms with E-state index in [1.54, 1.807) is 6.07 Å². The van der Waals surface area contributed by atoms with Gasteiger partial charge >= 0.3 is 5.97 Å². The summed E-state index contributed by atoms with van der Waals surface area (Å²) in [5.74, 6) is 0.748. The first-order valence-electron chi connectivity index (χ1n) is 8.18. The minimum atomic E-state index is -0.793. The predicted molar refractivity (Wildman–Crippen MR) is 85.0 cm³/mol. The highest BCUT2D eigenvalue weighted by molar-refractivity contribution is 5.91. The van der Waals surface area contributed by atoms with E-state index in [4.69, 9.17) is 0 Å². The second-order valence-corrected chi connectivity index (χ2v) is 6.98. The summed E-state index contributed by atoms with van der Waals surface area (Å²) in [4.78, 5) is 13.9. The summed E-state index contributed by atoms with van der Waals surface area (Å²) in [6, 6.07) is 6.34. The van der Waals surface area contributed by atoms with Crippen LogP contribution < -0.4 is 4.90 Å². The zero-order valence-corrected chi connectivity index (χ0v) is 13.0. The van der Waals surface area contributed by atoms with Crippen molar-refractivity contribution < 1.29 is 9.90 Å². The molecule has 1 N–H and O–H groups in total. The lowest BCUT2D eigenvalue weighted by Gasteiger charge is -2.43. The number of anilines is 1. The molecular formula is C18H25NO2. The second-order valence-electron chi connectivity index (χ2n) is 6.98. The van der Waals surface area contributed by atoms with Crippen LogP contribution in [-0.2, 0) is 6.42 Å². The van der Waals surface area contributed by atoms with Crippen LogP contribution >= 0.6 is 0 Å². The first-order chi connectivity index (χ1) is 10.1. The van der Waals surface area contributed by atoms with E-state index >= 15 is 0 Å². The zero-order chi connectivity index (χ0) is 15.0. The average molecular weight is 287 g/mol. The van der Waals surface area contributed by atoms with Gasteiger partial charge in [-0.3, -0.25) is 0 Å². The zero-order valence-electron chi connectivity index (χ0n) is 13.0. The topological polar surface area (TPSA) is 40.5 Å². The van der Waals surface area contributed by atoms with Gasteiger partial charge in [-0.2, -0.15) is 0 Å². The van der Waals surface area contributed by atoms with Crippen molar-refractivity contribution in [3.05, 3.63) is 29.3 Å². The molecule has 0 aromatic heterocycles. The van der Waals surface area contributed by atoms with E-state index in [-0.39, 0.29) is 0 Å². The predicted octanol–water partition coefficient (Wildman–Crippen LogP) is 3.96. The van der Waals surface area contributed by atoms with Gasteiger partial charge < -0.3 is 10.0 Å². The molecule has 1 aromatic carbocycles. The van der Waals surface area contributed by atoms with Gasteiger partial charge in [0.2, 0.25) is 0 Å². The monoisotopic (exact) mass is 287 g/mol. The van der Waals surface area contributed by atoms with Gasteiger partial charge in [0.1, 0.15) is 0 Å². The molecule has 1 heterocycles. The standard InChI is InChI=1S/C18H25NO2/c1-12-9-13(2)11-14(10-12)19-8-4-6-15-16(18(20)21)5-3-7-17(15)19/h3,5,7,12-14H,4,6,8-11H2,1-2H3,(H,20,21). The summed E-state index contributed by atoms with van der Waals surface area (Å²) < 4.78 is 0. The third-order valence-corrected chi connectivity index (χ3v) is 5.11. The van der Waals surface area contributed by atoms with Crippen molar-refractivity contribution in [3.8, 4) is 0 Å². The minimum Gasteiger partial charge on any atom is -0.478 e. The number of fused-ring (bicyclic) bond motifs is 1. The van der Waals surface area contributed by atoms with E-state index in [2.05, 4.69) is 24.8 Å². The molecule has 114 valence electrons. The molecular weight excluding hydrogens is 262 g/mol. The lowest BCUT2D eigenvalue weighted by atomic mass is 9.79. The number of hydrogen-bond donors (Lipinski definition) is 1. The quantitative estimate of drug-likeness (QED) is 0.895. The highest BCUT2D eigenvalue weighted by Crippen LogP contribution is 2.38. The van der Waals surface area contributed by atoms with Crippen LogP contribution in [0.3, 0.4) is 0 Å². The molecule has 2 aliphatic rings. The van der Waals surface area contributed by atoms with Crippen LogP contribution in [0.5, 0.6) is 0 Å². The smallest absolute Gasteiger partial charge is 0.336 e. The van der Waals surface area contributed by atoms with E-state index in [9.17, 15) is 9.90 Å². The van der Waals surface area contributed by atoms with Gasteiger partial charge in [0.15, 0.2) is 0 Å². The maximum absolute atomic E-state index is 11.4. The van der Waals surface area contributed by atoms with Gasteiger partial charge in [-0.25, -0.2) is 4.79 Å². The Balaban J connectivity index is 1.93. The number of carboxylic acids is 1. The van der Waals surface area contributed by atoms with Crippen molar-refractivity contribution in [1.82, 2.24) is 0 Å². The van der Waals surface area contributed by atoms with Crippen molar-refractivity contribution in [3.63, 3.8) is 0 Å². The van der Waals surface area contributed by atoms with Crippen molar-refractivity contribution in [2.75, 3.05) is 11.4 Å². The van der Waals surface area contributed by atoms with Gasteiger partial charge in [-0.05, 0) is 61.6 Å². The average Bonchev–Trinajstić information content (AvgIpc) is 2.44. The van der Waals surface area contributed by atoms with Crippen molar-refractivity contribution in [2.24, 2.45) is 11.8 Å². The van der Waals surface area contributed by atoms with Crippen LogP contribution in [0, 0.1) is 11.8 Å². The Kier molecular flexibility index (Phi) is 3.92. The summed E-state index contributed by atoms with van der Waals surface area (Å²) >= 11 is 0. The minimum absolute atomic E-state index is 0.495. The summed E-state index contributed by atoms with van der Waals surface area (Å²) in [7, 11) is 0. The van der Waals surface area contributed by atoms with Gasteiger partial charge in [0, 0.05) is 18.3 Å². The first kappa shape index (κ1) is 14.4. The lowest BCUT2D eigenvalue weighted by molar-refractivity contribution is 0.0695. The normalized spacial score (nSPS) is 29.0. The van der Waals surface area contributed by atoms with E-state index in [1.165, 1.54) is 24.9 Å². The number of carboxylic acid groups (broad SMARTS) is 1. The van der Waals surface area contributed by atoms with E-state index in [0.29, 0.717) is 11.6 Å². The molecule has 2 atom stereocenters. The Labute approximate surface area is 127 Å². The third-order valence-electron chi connectivity index (χ3n) is 5.11. The molecule has 3 nitrogen and oxygen atoms in total. The Morgan fingerprint density at radius 2 is 1.90 bits per heavy atom. The number of aromatic carboxylic acids is 1. The molecule has 1 saturated carbocycles. The molecule has 1 aliphatic carbocycles. The Hall–Kier alpha value is -1.51. The van der Waals surface area contributed by atoms with Gasteiger partial charge in [0.25, 0.3) is 0 Å². The SMILES string of the molecule is CC1CC(C)CC(N2CCCc3c(C(=O)O)cccc32)C1. The largest absolute Gasteiger partial charge is 0.478 e. The third kappa shape index (κ3) is 2.78. The van der Waals surface area contributed by atoms with Crippen LogP contribution in [0.2, 0.25) is 0 Å². The molecule has 3 rings (SSSR count). The molecule has 1 aliphatic heterocycles. The lowest BCUT2D eigenvalue weighted by Crippen LogP contribution is -2.43.